The van der Waals surface area contributed by atoms with Crippen LogP contribution in [0.25, 0.3) is 10.8 Å². The standard InChI is InChI=1S/C28H30N2.C2H6/c1-4-21-16(2)22-12-17-7-5-6-8-18(17)13-25(22)30-27-15-24-20-10-9-19(11-20)23(24)14-26(27)29(3)28(21)30;1-2/h5-8,12-16,19-21,28H,4,9-11H2,1-3H3;1-2H3. The molecule has 2 heteroatoms. The van der Waals surface area contributed by atoms with E-state index in [-0.39, 0.29) is 0 Å². The van der Waals surface area contributed by atoms with Crippen LogP contribution >= 0.6 is 0 Å². The van der Waals surface area contributed by atoms with Crippen LogP contribution in [0.5, 0.6) is 0 Å². The smallest absolute Gasteiger partial charge is 0.110 e. The first-order valence-electron chi connectivity index (χ1n) is 12.9. The molecule has 2 aliphatic heterocycles. The highest BCUT2D eigenvalue weighted by Crippen LogP contribution is 2.60. The monoisotopic (exact) mass is 424 g/mol. The number of fused-ring (bicyclic) bond motifs is 11. The van der Waals surface area contributed by atoms with Gasteiger partial charge < -0.3 is 9.80 Å². The SMILES string of the molecule is CC.CCC1C(C)c2cc3ccccc3cc2N2c3cc4c(cc3N(C)C12)C1CCC4C1. The number of rotatable bonds is 1. The van der Waals surface area contributed by atoms with Gasteiger partial charge in [0.2, 0.25) is 0 Å². The predicted octanol–water partition coefficient (Wildman–Crippen LogP) is 8.29. The second-order valence-corrected chi connectivity index (χ2v) is 10.2. The molecule has 32 heavy (non-hydrogen) atoms. The van der Waals surface area contributed by atoms with Crippen LogP contribution in [0.15, 0.2) is 48.5 Å². The Morgan fingerprint density at radius 1 is 0.812 bits per heavy atom. The lowest BCUT2D eigenvalue weighted by Gasteiger charge is -2.45. The van der Waals surface area contributed by atoms with Crippen LogP contribution in [0.4, 0.5) is 17.1 Å². The predicted molar refractivity (Wildman–Crippen MR) is 138 cm³/mol. The van der Waals surface area contributed by atoms with Gasteiger partial charge in [-0.25, -0.2) is 0 Å². The first kappa shape index (κ1) is 20.1. The van der Waals surface area contributed by atoms with E-state index in [9.17, 15) is 0 Å². The van der Waals surface area contributed by atoms with Crippen molar-refractivity contribution in [2.45, 2.75) is 77.3 Å². The lowest BCUT2D eigenvalue weighted by atomic mass is 9.78. The lowest BCUT2D eigenvalue weighted by Crippen LogP contribution is -2.49. The van der Waals surface area contributed by atoms with E-state index < -0.39 is 0 Å². The molecule has 4 aliphatic rings. The maximum Gasteiger partial charge on any atom is 0.110 e. The molecule has 166 valence electrons. The van der Waals surface area contributed by atoms with E-state index in [0.717, 1.165) is 11.8 Å². The van der Waals surface area contributed by atoms with Crippen LogP contribution in [0.3, 0.4) is 0 Å². The van der Waals surface area contributed by atoms with Crippen molar-refractivity contribution in [1.82, 2.24) is 0 Å². The van der Waals surface area contributed by atoms with Crippen molar-refractivity contribution < 1.29 is 0 Å². The van der Waals surface area contributed by atoms with Gasteiger partial charge in [0.05, 0.1) is 11.4 Å². The molecule has 2 bridgehead atoms. The summed E-state index contributed by atoms with van der Waals surface area (Å²) in [5, 5.41) is 2.73. The van der Waals surface area contributed by atoms with Crippen LogP contribution in [0.1, 0.15) is 87.8 Å². The summed E-state index contributed by atoms with van der Waals surface area (Å²) in [7, 11) is 2.34. The van der Waals surface area contributed by atoms with Crippen molar-refractivity contribution in [2.24, 2.45) is 5.92 Å². The zero-order valence-corrected chi connectivity index (χ0v) is 20.2. The second-order valence-electron chi connectivity index (χ2n) is 10.2. The van der Waals surface area contributed by atoms with Gasteiger partial charge in [-0.1, -0.05) is 52.0 Å². The molecule has 7 rings (SSSR count). The largest absolute Gasteiger partial charge is 0.352 e. The molecule has 3 aromatic rings. The molecule has 1 fully saturated rings. The van der Waals surface area contributed by atoms with Gasteiger partial charge in [0.25, 0.3) is 0 Å². The summed E-state index contributed by atoms with van der Waals surface area (Å²) in [6.45, 7) is 8.83. The Hall–Kier alpha value is -2.48. The molecule has 2 nitrogen and oxygen atoms in total. The first-order valence-corrected chi connectivity index (χ1v) is 12.9. The first-order chi connectivity index (χ1) is 15.7. The van der Waals surface area contributed by atoms with Gasteiger partial charge in [-0.15, -0.1) is 0 Å². The van der Waals surface area contributed by atoms with Gasteiger partial charge in [0, 0.05) is 18.7 Å². The highest BCUT2D eigenvalue weighted by Gasteiger charge is 2.48. The summed E-state index contributed by atoms with van der Waals surface area (Å²) in [6, 6.07) is 19.0. The Morgan fingerprint density at radius 2 is 1.44 bits per heavy atom. The molecular formula is C30H36N2. The van der Waals surface area contributed by atoms with Gasteiger partial charge in [-0.05, 0) is 95.2 Å². The van der Waals surface area contributed by atoms with Crippen molar-refractivity contribution in [3.05, 3.63) is 65.2 Å². The highest BCUT2D eigenvalue weighted by molar-refractivity contribution is 5.93. The number of nitrogens with zero attached hydrogens (tertiary/aromatic N) is 2. The molecule has 1 saturated carbocycles. The Kier molecular flexibility index (Phi) is 4.58. The molecule has 5 atom stereocenters. The molecule has 5 unspecified atom stereocenters. The maximum absolute atomic E-state index is 2.71. The van der Waals surface area contributed by atoms with Crippen molar-refractivity contribution >= 4 is 27.8 Å². The van der Waals surface area contributed by atoms with Crippen molar-refractivity contribution in [1.29, 1.82) is 0 Å². The fourth-order valence-electron chi connectivity index (χ4n) is 7.42. The van der Waals surface area contributed by atoms with E-state index in [1.54, 1.807) is 11.1 Å². The van der Waals surface area contributed by atoms with Gasteiger partial charge in [0.1, 0.15) is 6.17 Å². The minimum atomic E-state index is 0.425. The van der Waals surface area contributed by atoms with Crippen molar-refractivity contribution in [2.75, 3.05) is 16.8 Å². The Bertz CT molecular complexity index is 1190. The molecule has 0 amide bonds. The molecule has 2 heterocycles. The summed E-state index contributed by atoms with van der Waals surface area (Å²) in [6.07, 6.45) is 5.82. The topological polar surface area (TPSA) is 6.48 Å². The normalized spacial score (nSPS) is 28.7. The van der Waals surface area contributed by atoms with E-state index in [1.807, 2.05) is 13.8 Å². The summed E-state index contributed by atoms with van der Waals surface area (Å²) in [4.78, 5) is 5.31. The zero-order chi connectivity index (χ0) is 22.1. The Balaban J connectivity index is 0.000000953. The third kappa shape index (κ3) is 2.53. The molecule has 0 spiro atoms. The minimum absolute atomic E-state index is 0.425. The zero-order valence-electron chi connectivity index (χ0n) is 20.2. The number of anilines is 3. The number of hydrogen-bond donors (Lipinski definition) is 0. The molecule has 3 aromatic carbocycles. The third-order valence-electron chi connectivity index (χ3n) is 8.94. The van der Waals surface area contributed by atoms with E-state index in [4.69, 9.17) is 0 Å². The highest BCUT2D eigenvalue weighted by atomic mass is 15.4. The van der Waals surface area contributed by atoms with E-state index in [2.05, 4.69) is 79.2 Å². The minimum Gasteiger partial charge on any atom is -0.352 e. The van der Waals surface area contributed by atoms with Crippen LogP contribution in [0, 0.1) is 5.92 Å². The third-order valence-corrected chi connectivity index (χ3v) is 8.94. The van der Waals surface area contributed by atoms with Crippen LogP contribution in [0.2, 0.25) is 0 Å². The summed E-state index contributed by atoms with van der Waals surface area (Å²) >= 11 is 0. The van der Waals surface area contributed by atoms with Crippen LogP contribution in [-0.4, -0.2) is 13.2 Å². The van der Waals surface area contributed by atoms with Gasteiger partial charge >= 0.3 is 0 Å². The lowest BCUT2D eigenvalue weighted by molar-refractivity contribution is 0.340. The molecular weight excluding hydrogens is 388 g/mol. The summed E-state index contributed by atoms with van der Waals surface area (Å²) in [5.74, 6) is 2.82. The molecule has 0 N–H and O–H groups in total. The number of hydrogen-bond acceptors (Lipinski definition) is 2. The summed E-state index contributed by atoms with van der Waals surface area (Å²) < 4.78 is 0. The van der Waals surface area contributed by atoms with E-state index in [1.165, 1.54) is 59.1 Å². The second kappa shape index (κ2) is 7.27. The van der Waals surface area contributed by atoms with Crippen molar-refractivity contribution in [3.8, 4) is 0 Å². The molecule has 0 aromatic heterocycles. The van der Waals surface area contributed by atoms with E-state index in [0.29, 0.717) is 18.0 Å². The van der Waals surface area contributed by atoms with Crippen molar-refractivity contribution in [3.63, 3.8) is 0 Å². The average Bonchev–Trinajstić information content (AvgIpc) is 3.52. The fourth-order valence-corrected chi connectivity index (χ4v) is 7.42. The quantitative estimate of drug-likeness (QED) is 0.388. The molecule has 0 saturated heterocycles. The Labute approximate surface area is 193 Å². The number of benzene rings is 3. The molecule has 2 aliphatic carbocycles. The van der Waals surface area contributed by atoms with Gasteiger partial charge in [-0.2, -0.15) is 0 Å². The van der Waals surface area contributed by atoms with Crippen LogP contribution < -0.4 is 9.80 Å². The molecule has 0 radical (unpaired) electrons. The van der Waals surface area contributed by atoms with Gasteiger partial charge in [0.15, 0.2) is 0 Å². The maximum atomic E-state index is 2.71. The average molecular weight is 425 g/mol. The van der Waals surface area contributed by atoms with E-state index >= 15 is 0 Å². The Morgan fingerprint density at radius 3 is 2.09 bits per heavy atom. The fraction of sp³-hybridized carbons (Fsp3) is 0.467. The van der Waals surface area contributed by atoms with Crippen LogP contribution in [-0.2, 0) is 0 Å². The summed E-state index contributed by atoms with van der Waals surface area (Å²) in [5.41, 5.74) is 9.20. The van der Waals surface area contributed by atoms with Gasteiger partial charge in [-0.3, -0.25) is 0 Å².